The Kier molecular flexibility index (Phi) is 3.67. The minimum absolute atomic E-state index is 0.183. The zero-order valence-corrected chi connectivity index (χ0v) is 12.1. The second kappa shape index (κ2) is 5.10. The van der Waals surface area contributed by atoms with Crippen molar-refractivity contribution in [1.29, 1.82) is 0 Å². The maximum atomic E-state index is 11.2. The maximum Gasteiger partial charge on any atom is 0.153 e. The minimum Gasteiger partial charge on any atom is -0.545 e. The Morgan fingerprint density at radius 3 is 2.32 bits per heavy atom. The lowest BCUT2D eigenvalue weighted by Crippen LogP contribution is -2.29. The van der Waals surface area contributed by atoms with E-state index in [2.05, 4.69) is 22.9 Å². The van der Waals surface area contributed by atoms with Gasteiger partial charge in [0.25, 0.3) is 0 Å². The van der Waals surface area contributed by atoms with E-state index < -0.39 is 11.4 Å². The van der Waals surface area contributed by atoms with Gasteiger partial charge in [-0.05, 0) is 19.1 Å². The van der Waals surface area contributed by atoms with E-state index >= 15 is 0 Å². The first-order valence-corrected chi connectivity index (χ1v) is 6.64. The largest absolute Gasteiger partial charge is 0.545 e. The second-order valence-electron chi connectivity index (χ2n) is 4.67. The number of hydrogen-bond acceptors (Lipinski definition) is 2. The van der Waals surface area contributed by atoms with Gasteiger partial charge in [0, 0.05) is 21.2 Å². The van der Waals surface area contributed by atoms with Gasteiger partial charge in [0.1, 0.15) is 0 Å². The molecule has 0 aromatic heterocycles. The molecule has 1 unspecified atom stereocenters. The number of rotatable bonds is 3. The van der Waals surface area contributed by atoms with Crippen molar-refractivity contribution in [1.82, 2.24) is 0 Å². The van der Waals surface area contributed by atoms with Crippen LogP contribution in [0.4, 0.5) is 0 Å². The van der Waals surface area contributed by atoms with Crippen LogP contribution in [0.3, 0.4) is 0 Å². The first kappa shape index (κ1) is 13.7. The third-order valence-corrected chi connectivity index (χ3v) is 3.75. The SMILES string of the molecule is [CH2+]C(C)(c1ccc(Br)cc1)c1ccccc1C(=O)[O-]. The van der Waals surface area contributed by atoms with Crippen molar-refractivity contribution in [3.8, 4) is 0 Å². The Bertz CT molecular complexity index is 600. The third kappa shape index (κ3) is 2.66. The van der Waals surface area contributed by atoms with Crippen molar-refractivity contribution >= 4 is 21.9 Å². The quantitative estimate of drug-likeness (QED) is 0.817. The Labute approximate surface area is 121 Å². The molecule has 3 heteroatoms. The Morgan fingerprint density at radius 2 is 1.74 bits per heavy atom. The molecule has 2 aromatic rings. The number of carbonyl (C=O) groups is 1. The van der Waals surface area contributed by atoms with E-state index in [4.69, 9.17) is 0 Å². The predicted octanol–water partition coefficient (Wildman–Crippen LogP) is 2.95. The lowest BCUT2D eigenvalue weighted by atomic mass is 9.76. The van der Waals surface area contributed by atoms with E-state index in [1.54, 1.807) is 18.2 Å². The Balaban J connectivity index is 2.56. The summed E-state index contributed by atoms with van der Waals surface area (Å²) in [7, 11) is 0. The van der Waals surface area contributed by atoms with Gasteiger partial charge in [-0.3, -0.25) is 0 Å². The van der Waals surface area contributed by atoms with Gasteiger partial charge in [0.15, 0.2) is 5.41 Å². The van der Waals surface area contributed by atoms with Gasteiger partial charge in [0.2, 0.25) is 0 Å². The zero-order chi connectivity index (χ0) is 14.0. The molecule has 0 aliphatic carbocycles. The topological polar surface area (TPSA) is 40.1 Å². The van der Waals surface area contributed by atoms with Crippen molar-refractivity contribution in [2.45, 2.75) is 12.3 Å². The molecule has 0 radical (unpaired) electrons. The van der Waals surface area contributed by atoms with E-state index in [0.29, 0.717) is 5.56 Å². The van der Waals surface area contributed by atoms with Crippen LogP contribution >= 0.6 is 15.9 Å². The predicted molar refractivity (Wildman–Crippen MR) is 76.7 cm³/mol. The van der Waals surface area contributed by atoms with Crippen LogP contribution in [-0.2, 0) is 5.41 Å². The van der Waals surface area contributed by atoms with E-state index in [9.17, 15) is 9.90 Å². The number of hydrogen-bond donors (Lipinski definition) is 0. The number of carbonyl (C=O) groups excluding carboxylic acids is 1. The molecular weight excluding hydrogens is 304 g/mol. The molecule has 2 rings (SSSR count). The van der Waals surface area contributed by atoms with Crippen molar-refractivity contribution in [2.24, 2.45) is 0 Å². The van der Waals surface area contributed by atoms with Crippen LogP contribution in [0.5, 0.6) is 0 Å². The third-order valence-electron chi connectivity index (χ3n) is 3.22. The molecule has 0 saturated carbocycles. The molecule has 96 valence electrons. The summed E-state index contributed by atoms with van der Waals surface area (Å²) in [6.07, 6.45) is 0. The number of carboxylic acid groups (broad SMARTS) is 1. The van der Waals surface area contributed by atoms with Crippen molar-refractivity contribution in [3.63, 3.8) is 0 Å². The van der Waals surface area contributed by atoms with Crippen molar-refractivity contribution in [2.75, 3.05) is 0 Å². The molecule has 1 atom stereocenters. The summed E-state index contributed by atoms with van der Waals surface area (Å²) < 4.78 is 0.972. The van der Waals surface area contributed by atoms with Gasteiger partial charge in [-0.15, -0.1) is 0 Å². The van der Waals surface area contributed by atoms with E-state index in [-0.39, 0.29) is 5.56 Å². The molecule has 0 spiro atoms. The smallest absolute Gasteiger partial charge is 0.153 e. The average Bonchev–Trinajstić information content (AvgIpc) is 2.39. The number of halogens is 1. The van der Waals surface area contributed by atoms with Gasteiger partial charge in [0.05, 0.1) is 12.9 Å². The fraction of sp³-hybridized carbons (Fsp3) is 0.125. The highest BCUT2D eigenvalue weighted by atomic mass is 79.9. The standard InChI is InChI=1S/C16H13BrO2/c1-16(2,11-7-9-12(17)10-8-11)14-6-4-3-5-13(14)15(18)19/h3-10H,1H2,2H3. The molecule has 0 saturated heterocycles. The molecule has 0 aliphatic rings. The van der Waals surface area contributed by atoms with Gasteiger partial charge < -0.3 is 9.90 Å². The minimum atomic E-state index is -1.18. The molecule has 0 fully saturated rings. The molecule has 0 N–H and O–H groups in total. The van der Waals surface area contributed by atoms with Crippen LogP contribution in [-0.4, -0.2) is 5.97 Å². The van der Waals surface area contributed by atoms with Crippen LogP contribution in [0, 0.1) is 6.92 Å². The number of benzene rings is 2. The van der Waals surface area contributed by atoms with Crippen LogP contribution in [0.15, 0.2) is 53.0 Å². The number of carboxylic acids is 1. The summed E-state index contributed by atoms with van der Waals surface area (Å²) >= 11 is 3.38. The maximum absolute atomic E-state index is 11.2. The van der Waals surface area contributed by atoms with Crippen molar-refractivity contribution in [3.05, 3.63) is 76.6 Å². The molecule has 19 heavy (non-hydrogen) atoms. The summed E-state index contributed by atoms with van der Waals surface area (Å²) in [6, 6.07) is 14.5. The summed E-state index contributed by atoms with van der Waals surface area (Å²) in [4.78, 5) is 11.2. The molecule has 0 bridgehead atoms. The molecule has 0 aliphatic heterocycles. The fourth-order valence-electron chi connectivity index (χ4n) is 2.12. The first-order valence-electron chi connectivity index (χ1n) is 5.85. The Morgan fingerprint density at radius 1 is 1.16 bits per heavy atom. The first-order chi connectivity index (χ1) is 8.93. The second-order valence-corrected chi connectivity index (χ2v) is 5.59. The lowest BCUT2D eigenvalue weighted by Gasteiger charge is -2.22. The molecule has 2 aromatic carbocycles. The molecular formula is C16H13BrO2. The summed E-state index contributed by atoms with van der Waals surface area (Å²) in [5.74, 6) is -1.18. The van der Waals surface area contributed by atoms with Crippen LogP contribution in [0.1, 0.15) is 28.4 Å². The van der Waals surface area contributed by atoms with Gasteiger partial charge >= 0.3 is 0 Å². The lowest BCUT2D eigenvalue weighted by molar-refractivity contribution is -0.255. The Hall–Kier alpha value is -1.74. The summed E-state index contributed by atoms with van der Waals surface area (Å²) in [6.45, 7) is 6.08. The zero-order valence-electron chi connectivity index (χ0n) is 10.5. The number of aromatic carboxylic acids is 1. The van der Waals surface area contributed by atoms with E-state index in [1.807, 2.05) is 37.3 Å². The summed E-state index contributed by atoms with van der Waals surface area (Å²) in [5, 5.41) is 11.2. The fourth-order valence-corrected chi connectivity index (χ4v) is 2.38. The van der Waals surface area contributed by atoms with Crippen LogP contribution in [0.2, 0.25) is 0 Å². The molecule has 0 amide bonds. The van der Waals surface area contributed by atoms with E-state index in [1.165, 1.54) is 0 Å². The average molecular weight is 317 g/mol. The van der Waals surface area contributed by atoms with Gasteiger partial charge in [-0.25, -0.2) is 0 Å². The van der Waals surface area contributed by atoms with Crippen LogP contribution < -0.4 is 5.11 Å². The van der Waals surface area contributed by atoms with Crippen molar-refractivity contribution < 1.29 is 9.90 Å². The van der Waals surface area contributed by atoms with Gasteiger partial charge in [-0.2, -0.15) is 0 Å². The molecule has 2 nitrogen and oxygen atoms in total. The normalized spacial score (nSPS) is 13.8. The van der Waals surface area contributed by atoms with E-state index in [0.717, 1.165) is 10.0 Å². The highest BCUT2D eigenvalue weighted by Gasteiger charge is 2.32. The highest BCUT2D eigenvalue weighted by molar-refractivity contribution is 9.10. The van der Waals surface area contributed by atoms with Crippen LogP contribution in [0.25, 0.3) is 0 Å². The highest BCUT2D eigenvalue weighted by Crippen LogP contribution is 2.33. The molecule has 0 heterocycles. The monoisotopic (exact) mass is 316 g/mol. The summed E-state index contributed by atoms with van der Waals surface area (Å²) in [5.41, 5.74) is 1.14. The van der Waals surface area contributed by atoms with Gasteiger partial charge in [-0.1, -0.05) is 52.3 Å².